The number of hydrogen-bond donors (Lipinski definition) is 3. The molecule has 0 aliphatic carbocycles. The summed E-state index contributed by atoms with van der Waals surface area (Å²) in [6, 6.07) is 25.9. The Morgan fingerprint density at radius 2 is 1.17 bits per heavy atom. The van der Waals surface area contributed by atoms with Crippen LogP contribution in [-0.2, 0) is 22.4 Å². The standard InChI is InChI=1S/C23H24BrF3IN3O.C23H22BrF3IN3O/c1-14(2)12-22(21(30)32,20(23(25,26)27)16-5-7-17(24)8-6-16)31-19(13-29)11-15-3-9-18(28)10-4-15;1-14(2)11-20(30-19(13-29)12-15-3-9-18(28)10-4-15)22(32)31-21(23(25,26)27)16-5-7-17(24)8-6-16/h3-10,14,19-20,31H,11-12H2,1-2H3,(H2,30,32);3-10,14,19,21H,11-12H2,1-2H3,(H,31,32)/t19-,20-,22+;19-,21-/m00/s1. The maximum Gasteiger partial charge on any atom is 0.412 e. The molecule has 8 nitrogen and oxygen atoms in total. The van der Waals surface area contributed by atoms with Crippen LogP contribution in [0.4, 0.5) is 26.3 Å². The highest BCUT2D eigenvalue weighted by molar-refractivity contribution is 14.1. The molecule has 4 rings (SSSR count). The lowest BCUT2D eigenvalue weighted by molar-refractivity contribution is -0.176. The van der Waals surface area contributed by atoms with Crippen molar-refractivity contribution < 1.29 is 35.9 Å². The second-order valence-corrected chi connectivity index (χ2v) is 20.1. The molecule has 0 spiro atoms. The second-order valence-electron chi connectivity index (χ2n) is 15.8. The number of primary amides is 1. The van der Waals surface area contributed by atoms with Gasteiger partial charge in [-0.25, -0.2) is 0 Å². The SMILES string of the molecule is CC(C)CC(=N[C@H](C#N)Cc1ccc(I)cc1)C(=O)N[C@@H](c1ccc(Br)cc1)C(F)(F)F.CC(C)C[C@](N[C@H](C#N)Cc1ccc(I)cc1)(C(N)=O)[C@H](c1ccc(Br)cc1)C(F)(F)F. The zero-order chi connectivity index (χ0) is 48.0. The molecule has 342 valence electrons. The Labute approximate surface area is 413 Å². The predicted molar refractivity (Wildman–Crippen MR) is 260 cm³/mol. The third-order valence-electron chi connectivity index (χ3n) is 9.61. The molecule has 18 heteroatoms. The number of carbonyl (C=O) groups is 2. The van der Waals surface area contributed by atoms with Crippen LogP contribution in [0.1, 0.15) is 74.8 Å². The lowest BCUT2D eigenvalue weighted by Gasteiger charge is -2.42. The number of hydrogen-bond acceptors (Lipinski definition) is 6. The number of rotatable bonds is 17. The van der Waals surface area contributed by atoms with Crippen LogP contribution in [0.15, 0.2) is 111 Å². The van der Waals surface area contributed by atoms with Gasteiger partial charge in [0.25, 0.3) is 5.91 Å². The minimum absolute atomic E-state index is 0.0332. The molecule has 0 unspecified atom stereocenters. The summed E-state index contributed by atoms with van der Waals surface area (Å²) >= 11 is 10.7. The summed E-state index contributed by atoms with van der Waals surface area (Å²) in [7, 11) is 0. The van der Waals surface area contributed by atoms with Gasteiger partial charge < -0.3 is 11.1 Å². The van der Waals surface area contributed by atoms with Crippen molar-refractivity contribution in [2.45, 2.75) is 95.3 Å². The van der Waals surface area contributed by atoms with Crippen LogP contribution >= 0.6 is 77.0 Å². The summed E-state index contributed by atoms with van der Waals surface area (Å²) in [5.41, 5.74) is 4.84. The van der Waals surface area contributed by atoms with Gasteiger partial charge in [0.15, 0.2) is 6.04 Å². The Kier molecular flexibility index (Phi) is 21.2. The number of alkyl halides is 6. The molecular formula is C46H46Br2F6I2N6O2. The van der Waals surface area contributed by atoms with Gasteiger partial charge in [0.05, 0.1) is 12.1 Å². The Balaban J connectivity index is 0.000000340. The Morgan fingerprint density at radius 1 is 0.703 bits per heavy atom. The monoisotopic (exact) mass is 1240 g/mol. The number of benzene rings is 4. The fraction of sp³-hybridized carbons (Fsp3) is 0.370. The zero-order valence-electron chi connectivity index (χ0n) is 35.0. The van der Waals surface area contributed by atoms with E-state index in [1.807, 2.05) is 62.4 Å². The van der Waals surface area contributed by atoms with Crippen LogP contribution in [0.3, 0.4) is 0 Å². The molecule has 4 aromatic carbocycles. The topological polar surface area (TPSA) is 144 Å². The lowest BCUT2D eigenvalue weighted by Crippen LogP contribution is -2.65. The van der Waals surface area contributed by atoms with E-state index in [1.54, 1.807) is 26.0 Å². The molecule has 0 bridgehead atoms. The van der Waals surface area contributed by atoms with Crippen LogP contribution in [0.25, 0.3) is 0 Å². The van der Waals surface area contributed by atoms with Gasteiger partial charge in [0, 0.05) is 28.9 Å². The van der Waals surface area contributed by atoms with Crippen molar-refractivity contribution in [2.24, 2.45) is 22.6 Å². The highest BCUT2D eigenvalue weighted by atomic mass is 127. The van der Waals surface area contributed by atoms with Crippen molar-refractivity contribution in [3.05, 3.63) is 135 Å². The van der Waals surface area contributed by atoms with Gasteiger partial charge in [-0.15, -0.1) is 0 Å². The summed E-state index contributed by atoms with van der Waals surface area (Å²) in [5.74, 6) is -4.62. The fourth-order valence-electron chi connectivity index (χ4n) is 6.89. The first-order valence-electron chi connectivity index (χ1n) is 19.8. The first kappa shape index (κ1) is 54.8. The quantitative estimate of drug-likeness (QED) is 0.0548. The van der Waals surface area contributed by atoms with Gasteiger partial charge in [-0.05, 0) is 141 Å². The average molecular weight is 1240 g/mol. The van der Waals surface area contributed by atoms with E-state index in [1.165, 1.54) is 48.5 Å². The van der Waals surface area contributed by atoms with E-state index in [0.717, 1.165) is 18.3 Å². The number of nitriles is 2. The van der Waals surface area contributed by atoms with Gasteiger partial charge in [-0.3, -0.25) is 19.9 Å². The van der Waals surface area contributed by atoms with Crippen molar-refractivity contribution in [2.75, 3.05) is 0 Å². The molecule has 0 aliphatic rings. The maximum atomic E-state index is 14.5. The van der Waals surface area contributed by atoms with Crippen molar-refractivity contribution >= 4 is 94.6 Å². The third-order valence-corrected chi connectivity index (χ3v) is 12.1. The molecule has 0 saturated carbocycles. The van der Waals surface area contributed by atoms with Gasteiger partial charge >= 0.3 is 12.4 Å². The third kappa shape index (κ3) is 17.0. The van der Waals surface area contributed by atoms with Crippen molar-refractivity contribution in [3.63, 3.8) is 0 Å². The summed E-state index contributed by atoms with van der Waals surface area (Å²) in [5, 5.41) is 24.1. The minimum Gasteiger partial charge on any atom is -0.368 e. The largest absolute Gasteiger partial charge is 0.412 e. The molecule has 0 radical (unpaired) electrons. The van der Waals surface area contributed by atoms with Gasteiger partial charge in [-0.1, -0.05) is 108 Å². The molecule has 0 saturated heterocycles. The van der Waals surface area contributed by atoms with Gasteiger partial charge in [0.1, 0.15) is 29.3 Å². The highest BCUT2D eigenvalue weighted by Crippen LogP contribution is 2.46. The second kappa shape index (κ2) is 24.8. The highest BCUT2D eigenvalue weighted by Gasteiger charge is 2.58. The number of nitrogens with one attached hydrogen (secondary N) is 2. The van der Waals surface area contributed by atoms with Crippen LogP contribution in [0, 0.1) is 41.6 Å². The van der Waals surface area contributed by atoms with Crippen LogP contribution in [0.5, 0.6) is 0 Å². The molecule has 0 fully saturated rings. The molecule has 2 amide bonds. The van der Waals surface area contributed by atoms with E-state index in [-0.39, 0.29) is 54.4 Å². The number of halogens is 10. The summed E-state index contributed by atoms with van der Waals surface area (Å²) in [6.45, 7) is 7.10. The van der Waals surface area contributed by atoms with Crippen molar-refractivity contribution in [1.82, 2.24) is 10.6 Å². The predicted octanol–water partition coefficient (Wildman–Crippen LogP) is 12.1. The summed E-state index contributed by atoms with van der Waals surface area (Å²) in [4.78, 5) is 29.9. The Bertz CT molecular complexity index is 2260. The number of amides is 2. The number of nitrogens with two attached hydrogens (primary N) is 1. The van der Waals surface area contributed by atoms with Crippen LogP contribution in [-0.4, -0.2) is 47.5 Å². The van der Waals surface area contributed by atoms with E-state index >= 15 is 0 Å². The van der Waals surface area contributed by atoms with E-state index in [9.17, 15) is 46.5 Å². The molecule has 4 aromatic rings. The molecular weight excluding hydrogens is 1200 g/mol. The Hall–Kier alpha value is -3.57. The van der Waals surface area contributed by atoms with Crippen LogP contribution < -0.4 is 16.4 Å². The average Bonchev–Trinajstić information content (AvgIpc) is 3.20. The van der Waals surface area contributed by atoms with E-state index in [2.05, 4.69) is 92.7 Å². The van der Waals surface area contributed by atoms with E-state index in [0.29, 0.717) is 8.95 Å². The smallest absolute Gasteiger partial charge is 0.368 e. The summed E-state index contributed by atoms with van der Waals surface area (Å²) in [6.07, 6.45) is -9.12. The van der Waals surface area contributed by atoms with E-state index < -0.39 is 53.7 Å². The van der Waals surface area contributed by atoms with Crippen molar-refractivity contribution in [3.8, 4) is 12.1 Å². The Morgan fingerprint density at radius 3 is 1.56 bits per heavy atom. The normalized spacial score (nSPS) is 14.8. The fourth-order valence-corrected chi connectivity index (χ4v) is 8.14. The number of carbonyl (C=O) groups excluding carboxylic acids is 2. The molecule has 0 aromatic heterocycles. The number of nitrogens with zero attached hydrogens (tertiary/aromatic N) is 3. The molecule has 4 N–H and O–H groups in total. The first-order valence-corrected chi connectivity index (χ1v) is 23.5. The molecule has 0 aliphatic heterocycles. The summed E-state index contributed by atoms with van der Waals surface area (Å²) < 4.78 is 87.9. The molecule has 0 heterocycles. The van der Waals surface area contributed by atoms with Gasteiger partial charge in [-0.2, -0.15) is 36.9 Å². The van der Waals surface area contributed by atoms with Crippen molar-refractivity contribution in [1.29, 1.82) is 10.5 Å². The minimum atomic E-state index is -4.78. The maximum absolute atomic E-state index is 14.5. The molecule has 5 atom stereocenters. The van der Waals surface area contributed by atoms with Gasteiger partial charge in [0.2, 0.25) is 5.91 Å². The van der Waals surface area contributed by atoms with E-state index in [4.69, 9.17) is 5.73 Å². The molecule has 64 heavy (non-hydrogen) atoms. The number of aliphatic imine (C=N–C) groups is 1. The van der Waals surface area contributed by atoms with Crippen LogP contribution in [0.2, 0.25) is 0 Å². The lowest BCUT2D eigenvalue weighted by atomic mass is 9.72. The zero-order valence-corrected chi connectivity index (χ0v) is 42.5. The first-order chi connectivity index (χ1) is 29.9.